The van der Waals surface area contributed by atoms with Crippen molar-refractivity contribution in [1.82, 2.24) is 10.2 Å². The lowest BCUT2D eigenvalue weighted by Gasteiger charge is -2.26. The highest BCUT2D eigenvalue weighted by atomic mass is 35.5. The molecule has 1 aliphatic rings. The number of nitrogens with one attached hydrogen (secondary N) is 1. The summed E-state index contributed by atoms with van der Waals surface area (Å²) in [5.41, 5.74) is 1.18. The molecule has 1 heterocycles. The minimum absolute atomic E-state index is 0.466. The van der Waals surface area contributed by atoms with Gasteiger partial charge in [-0.3, -0.25) is 4.90 Å². The quantitative estimate of drug-likeness (QED) is 0.839. The summed E-state index contributed by atoms with van der Waals surface area (Å²) in [4.78, 5) is 2.35. The van der Waals surface area contributed by atoms with Gasteiger partial charge in [-0.05, 0) is 17.7 Å². The fraction of sp³-hybridized carbons (Fsp3) is 0.625. The van der Waals surface area contributed by atoms with Gasteiger partial charge in [0, 0.05) is 32.2 Å². The highest BCUT2D eigenvalue weighted by Crippen LogP contribution is 2.25. The van der Waals surface area contributed by atoms with E-state index in [4.69, 9.17) is 21.1 Å². The predicted octanol–water partition coefficient (Wildman–Crippen LogP) is 2.55. The lowest BCUT2D eigenvalue weighted by molar-refractivity contribution is 0.0322. The number of halogens is 1. The maximum atomic E-state index is 6.28. The van der Waals surface area contributed by atoms with Gasteiger partial charge in [0.25, 0.3) is 0 Å². The molecule has 5 heteroatoms. The van der Waals surface area contributed by atoms with E-state index < -0.39 is 0 Å². The minimum atomic E-state index is 0.466. The average molecular weight is 313 g/mol. The second-order valence-electron chi connectivity index (χ2n) is 5.60. The van der Waals surface area contributed by atoms with Gasteiger partial charge < -0.3 is 14.8 Å². The van der Waals surface area contributed by atoms with Crippen LogP contribution in [0.25, 0.3) is 0 Å². The van der Waals surface area contributed by atoms with Crippen molar-refractivity contribution in [3.63, 3.8) is 0 Å². The zero-order valence-corrected chi connectivity index (χ0v) is 13.7. The van der Waals surface area contributed by atoms with Crippen LogP contribution in [-0.2, 0) is 11.3 Å². The van der Waals surface area contributed by atoms with E-state index in [9.17, 15) is 0 Å². The molecule has 1 aromatic rings. The molecular formula is C16H25ClN2O2. The van der Waals surface area contributed by atoms with Gasteiger partial charge in [-0.25, -0.2) is 0 Å². The summed E-state index contributed by atoms with van der Waals surface area (Å²) in [6.07, 6.45) is 0. The van der Waals surface area contributed by atoms with Crippen molar-refractivity contribution < 1.29 is 9.47 Å². The summed E-state index contributed by atoms with van der Waals surface area (Å²) in [6.45, 7) is 10.3. The van der Waals surface area contributed by atoms with E-state index in [0.29, 0.717) is 17.7 Å². The molecule has 0 unspecified atom stereocenters. The summed E-state index contributed by atoms with van der Waals surface area (Å²) in [5.74, 6) is 0.762. The van der Waals surface area contributed by atoms with Crippen molar-refractivity contribution in [2.45, 2.75) is 26.4 Å². The van der Waals surface area contributed by atoms with E-state index in [0.717, 1.165) is 45.1 Å². The van der Waals surface area contributed by atoms with Crippen molar-refractivity contribution in [3.8, 4) is 5.75 Å². The van der Waals surface area contributed by atoms with E-state index in [-0.39, 0.29) is 0 Å². The molecule has 0 amide bonds. The molecule has 1 N–H and O–H groups in total. The van der Waals surface area contributed by atoms with Crippen molar-refractivity contribution in [3.05, 3.63) is 28.8 Å². The van der Waals surface area contributed by atoms with Crippen molar-refractivity contribution in [2.24, 2.45) is 0 Å². The Morgan fingerprint density at radius 3 is 2.76 bits per heavy atom. The van der Waals surface area contributed by atoms with Crippen LogP contribution in [0.15, 0.2) is 18.2 Å². The Bertz CT molecular complexity index is 434. The molecular weight excluding hydrogens is 288 g/mol. The molecule has 21 heavy (non-hydrogen) atoms. The number of nitrogens with zero attached hydrogens (tertiary/aromatic N) is 1. The predicted molar refractivity (Wildman–Crippen MR) is 86.2 cm³/mol. The Hall–Kier alpha value is -0.810. The van der Waals surface area contributed by atoms with Crippen LogP contribution in [0.4, 0.5) is 0 Å². The van der Waals surface area contributed by atoms with Gasteiger partial charge in [0.1, 0.15) is 12.4 Å². The standard InChI is InChI=1S/C16H25ClN2O2/c1-13(2)18-12-14-3-4-16(15(17)11-14)21-10-7-19-5-8-20-9-6-19/h3-4,11,13,18H,5-10,12H2,1-2H3. The van der Waals surface area contributed by atoms with Crippen LogP contribution in [0, 0.1) is 0 Å². The lowest BCUT2D eigenvalue weighted by atomic mass is 10.2. The van der Waals surface area contributed by atoms with Crippen LogP contribution < -0.4 is 10.1 Å². The Balaban J connectivity index is 1.77. The van der Waals surface area contributed by atoms with E-state index in [2.05, 4.69) is 30.1 Å². The van der Waals surface area contributed by atoms with Crippen LogP contribution in [0.1, 0.15) is 19.4 Å². The van der Waals surface area contributed by atoms with Crippen molar-refractivity contribution in [2.75, 3.05) is 39.5 Å². The van der Waals surface area contributed by atoms with Crippen molar-refractivity contribution in [1.29, 1.82) is 0 Å². The first kappa shape index (κ1) is 16.6. The van der Waals surface area contributed by atoms with Crippen LogP contribution in [-0.4, -0.2) is 50.4 Å². The monoisotopic (exact) mass is 312 g/mol. The largest absolute Gasteiger partial charge is 0.491 e. The van der Waals surface area contributed by atoms with Gasteiger partial charge in [0.15, 0.2) is 0 Å². The first-order valence-electron chi connectivity index (χ1n) is 7.60. The van der Waals surface area contributed by atoms with E-state index >= 15 is 0 Å². The van der Waals surface area contributed by atoms with Gasteiger partial charge in [-0.15, -0.1) is 0 Å². The molecule has 0 radical (unpaired) electrons. The molecule has 0 bridgehead atoms. The molecule has 0 aliphatic carbocycles. The van der Waals surface area contributed by atoms with Gasteiger partial charge in [-0.2, -0.15) is 0 Å². The Morgan fingerprint density at radius 1 is 1.33 bits per heavy atom. The first-order chi connectivity index (χ1) is 10.1. The highest BCUT2D eigenvalue weighted by molar-refractivity contribution is 6.32. The number of hydrogen-bond acceptors (Lipinski definition) is 4. The van der Waals surface area contributed by atoms with E-state index in [1.807, 2.05) is 12.1 Å². The van der Waals surface area contributed by atoms with E-state index in [1.54, 1.807) is 0 Å². The molecule has 4 nitrogen and oxygen atoms in total. The number of rotatable bonds is 7. The van der Waals surface area contributed by atoms with Gasteiger partial charge in [0.05, 0.1) is 18.2 Å². The maximum Gasteiger partial charge on any atom is 0.137 e. The summed E-state index contributed by atoms with van der Waals surface area (Å²) < 4.78 is 11.1. The number of ether oxygens (including phenoxy) is 2. The minimum Gasteiger partial charge on any atom is -0.491 e. The normalized spacial score (nSPS) is 16.4. The molecule has 2 rings (SSSR count). The van der Waals surface area contributed by atoms with Gasteiger partial charge in [0.2, 0.25) is 0 Å². The van der Waals surface area contributed by atoms with Crippen molar-refractivity contribution >= 4 is 11.6 Å². The summed E-state index contributed by atoms with van der Waals surface area (Å²) in [7, 11) is 0. The topological polar surface area (TPSA) is 33.7 Å². The fourth-order valence-corrected chi connectivity index (χ4v) is 2.46. The Labute approximate surface area is 132 Å². The SMILES string of the molecule is CC(C)NCc1ccc(OCCN2CCOCC2)c(Cl)c1. The Kier molecular flexibility index (Phi) is 6.77. The summed E-state index contributed by atoms with van der Waals surface area (Å²) >= 11 is 6.28. The molecule has 0 spiro atoms. The third kappa shape index (κ3) is 5.83. The first-order valence-corrected chi connectivity index (χ1v) is 7.97. The molecule has 1 aliphatic heterocycles. The molecule has 0 atom stereocenters. The van der Waals surface area contributed by atoms with Crippen LogP contribution in [0.5, 0.6) is 5.75 Å². The molecule has 118 valence electrons. The zero-order valence-electron chi connectivity index (χ0n) is 12.9. The molecule has 1 saturated heterocycles. The van der Waals surface area contributed by atoms with Crippen LogP contribution in [0.2, 0.25) is 5.02 Å². The molecule has 0 saturated carbocycles. The van der Waals surface area contributed by atoms with Gasteiger partial charge in [-0.1, -0.05) is 31.5 Å². The molecule has 1 fully saturated rings. The van der Waals surface area contributed by atoms with Crippen LogP contribution >= 0.6 is 11.6 Å². The summed E-state index contributed by atoms with van der Waals surface area (Å²) in [5, 5.41) is 4.06. The third-order valence-corrected chi connectivity index (χ3v) is 3.77. The molecule has 0 aromatic heterocycles. The highest BCUT2D eigenvalue weighted by Gasteiger charge is 2.10. The summed E-state index contributed by atoms with van der Waals surface area (Å²) in [6, 6.07) is 6.46. The second-order valence-corrected chi connectivity index (χ2v) is 6.01. The molecule has 1 aromatic carbocycles. The van der Waals surface area contributed by atoms with E-state index in [1.165, 1.54) is 5.56 Å². The lowest BCUT2D eigenvalue weighted by Crippen LogP contribution is -2.38. The Morgan fingerprint density at radius 2 is 2.10 bits per heavy atom. The van der Waals surface area contributed by atoms with Crippen LogP contribution in [0.3, 0.4) is 0 Å². The maximum absolute atomic E-state index is 6.28. The average Bonchev–Trinajstić information content (AvgIpc) is 2.48. The number of hydrogen-bond donors (Lipinski definition) is 1. The number of benzene rings is 1. The third-order valence-electron chi connectivity index (χ3n) is 3.48. The zero-order chi connectivity index (χ0) is 15.1. The fourth-order valence-electron chi connectivity index (χ4n) is 2.20. The van der Waals surface area contributed by atoms with Gasteiger partial charge >= 0.3 is 0 Å². The smallest absolute Gasteiger partial charge is 0.137 e. The number of morpholine rings is 1. The second kappa shape index (κ2) is 8.59.